The molecule has 0 spiro atoms. The molecule has 4 rings (SSSR count). The Morgan fingerprint density at radius 1 is 1.39 bits per heavy atom. The summed E-state index contributed by atoms with van der Waals surface area (Å²) in [6.45, 7) is 4.07. The smallest absolute Gasteiger partial charge is 0.337 e. The monoisotopic (exact) mass is 384 g/mol. The summed E-state index contributed by atoms with van der Waals surface area (Å²) < 4.78 is 10.3. The fourth-order valence-corrected chi connectivity index (χ4v) is 5.13. The lowest BCUT2D eigenvalue weighted by Crippen LogP contribution is -2.47. The number of ether oxygens (including phenoxy) is 2. The van der Waals surface area contributed by atoms with Crippen LogP contribution in [0.2, 0.25) is 0 Å². The van der Waals surface area contributed by atoms with E-state index in [1.807, 2.05) is 12.1 Å². The molecule has 3 atom stereocenters. The summed E-state index contributed by atoms with van der Waals surface area (Å²) in [6.07, 6.45) is 4.29. The minimum absolute atomic E-state index is 0.0737. The number of nitrogens with zero attached hydrogens (tertiary/aromatic N) is 1. The lowest BCUT2D eigenvalue weighted by Gasteiger charge is -2.46. The third-order valence-electron chi connectivity index (χ3n) is 6.47. The molecular formula is C22H28N2O4. The molecule has 1 saturated heterocycles. The molecule has 3 heterocycles. The molecule has 0 bridgehead atoms. The Bertz CT molecular complexity index is 917. The minimum atomic E-state index is -0.316. The van der Waals surface area contributed by atoms with Crippen molar-refractivity contribution in [3.05, 3.63) is 41.3 Å². The van der Waals surface area contributed by atoms with Crippen LogP contribution in [0.25, 0.3) is 10.9 Å². The van der Waals surface area contributed by atoms with Gasteiger partial charge in [0.25, 0.3) is 0 Å². The lowest BCUT2D eigenvalue weighted by molar-refractivity contribution is -0.137. The maximum Gasteiger partial charge on any atom is 0.337 e. The van der Waals surface area contributed by atoms with Gasteiger partial charge in [0.1, 0.15) is 5.75 Å². The summed E-state index contributed by atoms with van der Waals surface area (Å²) in [7, 11) is 2.99. The number of aromatic nitrogens is 1. The van der Waals surface area contributed by atoms with Crippen molar-refractivity contribution in [2.75, 3.05) is 27.3 Å². The first-order valence-electron chi connectivity index (χ1n) is 9.96. The molecule has 0 saturated carbocycles. The van der Waals surface area contributed by atoms with Gasteiger partial charge in [-0.15, -0.1) is 0 Å². The van der Waals surface area contributed by atoms with Crippen LogP contribution in [0.1, 0.15) is 37.1 Å². The van der Waals surface area contributed by atoms with Crippen LogP contribution in [-0.4, -0.2) is 48.3 Å². The number of hydrogen-bond acceptors (Lipinski definition) is 5. The standard InChI is InChI=1S/C22H28N2O4/c1-4-13-11-24-9-8-14-20-17(6-5-7-19(20)25)23-21(14)18(24)10-15(13)16(12-27-2)22(26)28-3/h5-7,12-13,15,18,23,25H,4,8-11H2,1-3H3. The number of piperidine rings is 1. The number of carbonyl (C=O) groups excluding carboxylic acids is 1. The first-order valence-corrected chi connectivity index (χ1v) is 9.96. The van der Waals surface area contributed by atoms with Crippen LogP contribution < -0.4 is 0 Å². The maximum absolute atomic E-state index is 12.4. The van der Waals surface area contributed by atoms with E-state index in [0.29, 0.717) is 17.2 Å². The molecule has 0 amide bonds. The molecule has 2 aliphatic rings. The van der Waals surface area contributed by atoms with Crippen LogP contribution in [-0.2, 0) is 20.7 Å². The van der Waals surface area contributed by atoms with E-state index in [9.17, 15) is 9.90 Å². The predicted octanol–water partition coefficient (Wildman–Crippen LogP) is 3.52. The molecule has 1 aromatic carbocycles. The number of phenols is 1. The predicted molar refractivity (Wildman–Crippen MR) is 107 cm³/mol. The second-order valence-corrected chi connectivity index (χ2v) is 7.79. The number of fused-ring (bicyclic) bond motifs is 5. The number of aromatic amines is 1. The lowest BCUT2D eigenvalue weighted by atomic mass is 9.74. The summed E-state index contributed by atoms with van der Waals surface area (Å²) in [4.78, 5) is 18.5. The van der Waals surface area contributed by atoms with Crippen molar-refractivity contribution in [1.29, 1.82) is 0 Å². The van der Waals surface area contributed by atoms with Crippen LogP contribution in [0.3, 0.4) is 0 Å². The Hall–Kier alpha value is -2.47. The zero-order valence-electron chi connectivity index (χ0n) is 16.7. The number of benzene rings is 1. The van der Waals surface area contributed by atoms with Gasteiger partial charge in [-0.2, -0.15) is 0 Å². The van der Waals surface area contributed by atoms with Crippen LogP contribution in [0, 0.1) is 11.8 Å². The highest BCUT2D eigenvalue weighted by Crippen LogP contribution is 2.46. The summed E-state index contributed by atoms with van der Waals surface area (Å²) in [5.41, 5.74) is 3.96. The van der Waals surface area contributed by atoms with Crippen molar-refractivity contribution in [3.8, 4) is 5.75 Å². The summed E-state index contributed by atoms with van der Waals surface area (Å²) in [5, 5.41) is 11.3. The van der Waals surface area contributed by atoms with Crippen molar-refractivity contribution in [1.82, 2.24) is 9.88 Å². The van der Waals surface area contributed by atoms with Crippen LogP contribution in [0.15, 0.2) is 30.0 Å². The first-order chi connectivity index (χ1) is 13.6. The molecular weight excluding hydrogens is 356 g/mol. The van der Waals surface area contributed by atoms with E-state index in [0.717, 1.165) is 43.3 Å². The van der Waals surface area contributed by atoms with Gasteiger partial charge in [-0.05, 0) is 42.4 Å². The number of carbonyl (C=O) groups is 1. The van der Waals surface area contributed by atoms with Gasteiger partial charge in [0, 0.05) is 29.7 Å². The van der Waals surface area contributed by atoms with E-state index in [4.69, 9.17) is 9.47 Å². The molecule has 2 aliphatic heterocycles. The third kappa shape index (κ3) is 2.96. The highest BCUT2D eigenvalue weighted by atomic mass is 16.5. The van der Waals surface area contributed by atoms with E-state index in [2.05, 4.69) is 16.8 Å². The quantitative estimate of drug-likeness (QED) is 0.479. The van der Waals surface area contributed by atoms with Crippen molar-refractivity contribution in [2.24, 2.45) is 11.8 Å². The third-order valence-corrected chi connectivity index (χ3v) is 6.47. The molecule has 150 valence electrons. The van der Waals surface area contributed by atoms with Crippen LogP contribution in [0.5, 0.6) is 5.75 Å². The molecule has 28 heavy (non-hydrogen) atoms. The van der Waals surface area contributed by atoms with Gasteiger partial charge >= 0.3 is 5.97 Å². The summed E-state index contributed by atoms with van der Waals surface area (Å²) in [6, 6.07) is 5.81. The second-order valence-electron chi connectivity index (χ2n) is 7.79. The van der Waals surface area contributed by atoms with Gasteiger partial charge in [0.15, 0.2) is 0 Å². The number of hydrogen-bond donors (Lipinski definition) is 2. The molecule has 1 aromatic heterocycles. The fraction of sp³-hybridized carbons (Fsp3) is 0.500. The Labute approximate surface area is 165 Å². The van der Waals surface area contributed by atoms with E-state index >= 15 is 0 Å². The molecule has 0 radical (unpaired) electrons. The Morgan fingerprint density at radius 2 is 2.21 bits per heavy atom. The highest BCUT2D eigenvalue weighted by molar-refractivity contribution is 5.91. The molecule has 2 aromatic rings. The number of H-pyrrole nitrogens is 1. The number of nitrogens with one attached hydrogen (secondary N) is 1. The Balaban J connectivity index is 1.75. The van der Waals surface area contributed by atoms with Crippen molar-refractivity contribution in [2.45, 2.75) is 32.2 Å². The van der Waals surface area contributed by atoms with Gasteiger partial charge in [-0.1, -0.05) is 19.4 Å². The van der Waals surface area contributed by atoms with Gasteiger partial charge in [0.05, 0.1) is 32.1 Å². The number of rotatable bonds is 4. The fourth-order valence-electron chi connectivity index (χ4n) is 5.13. The first kappa shape index (κ1) is 18.9. The normalized spacial score (nSPS) is 25.2. The topological polar surface area (TPSA) is 74.8 Å². The van der Waals surface area contributed by atoms with Gasteiger partial charge < -0.3 is 19.6 Å². The van der Waals surface area contributed by atoms with Crippen LogP contribution >= 0.6 is 0 Å². The number of methoxy groups -OCH3 is 2. The van der Waals surface area contributed by atoms with Gasteiger partial charge in [-0.3, -0.25) is 4.90 Å². The van der Waals surface area contributed by atoms with E-state index in [1.165, 1.54) is 18.4 Å². The number of aromatic hydroxyl groups is 1. The molecule has 2 N–H and O–H groups in total. The van der Waals surface area contributed by atoms with Gasteiger partial charge in [0.2, 0.25) is 0 Å². The Kier molecular flexibility index (Phi) is 5.06. The summed E-state index contributed by atoms with van der Waals surface area (Å²) >= 11 is 0. The average molecular weight is 384 g/mol. The van der Waals surface area contributed by atoms with Crippen molar-refractivity contribution in [3.63, 3.8) is 0 Å². The van der Waals surface area contributed by atoms with Crippen LogP contribution in [0.4, 0.5) is 0 Å². The highest BCUT2D eigenvalue weighted by Gasteiger charge is 2.42. The van der Waals surface area contributed by atoms with E-state index in [1.54, 1.807) is 19.4 Å². The molecule has 6 nitrogen and oxygen atoms in total. The van der Waals surface area contributed by atoms with E-state index in [-0.39, 0.29) is 17.9 Å². The molecule has 0 aliphatic carbocycles. The second kappa shape index (κ2) is 7.51. The van der Waals surface area contributed by atoms with Crippen molar-refractivity contribution < 1.29 is 19.4 Å². The Morgan fingerprint density at radius 3 is 2.93 bits per heavy atom. The zero-order valence-corrected chi connectivity index (χ0v) is 16.7. The van der Waals surface area contributed by atoms with E-state index < -0.39 is 0 Å². The minimum Gasteiger partial charge on any atom is -0.507 e. The molecule has 1 fully saturated rings. The van der Waals surface area contributed by atoms with Gasteiger partial charge in [-0.25, -0.2) is 4.79 Å². The summed E-state index contributed by atoms with van der Waals surface area (Å²) in [5.74, 6) is 0.460. The number of phenolic OH excluding ortho intramolecular Hbond substituents is 1. The SMILES string of the molecule is CCC1CN2CCc3c([nH]c4cccc(O)c34)C2CC1C(=COC)C(=O)OC. The molecule has 3 unspecified atom stereocenters. The molecule has 6 heteroatoms. The van der Waals surface area contributed by atoms with Crippen molar-refractivity contribution >= 4 is 16.9 Å². The number of esters is 1. The largest absolute Gasteiger partial charge is 0.507 e. The maximum atomic E-state index is 12.4. The average Bonchev–Trinajstić information content (AvgIpc) is 3.10. The zero-order chi connectivity index (χ0) is 19.8.